The third kappa shape index (κ3) is 4.90. The average Bonchev–Trinajstić information content (AvgIpc) is 3.20. The van der Waals surface area contributed by atoms with Crippen molar-refractivity contribution in [3.8, 4) is 11.3 Å². The van der Waals surface area contributed by atoms with Crippen LogP contribution in [0.2, 0.25) is 5.02 Å². The number of thiazole rings is 1. The first-order valence-corrected chi connectivity index (χ1v) is 11.2. The van der Waals surface area contributed by atoms with Gasteiger partial charge in [0.25, 0.3) is 5.91 Å². The van der Waals surface area contributed by atoms with E-state index in [2.05, 4.69) is 31.5 Å². The third-order valence-electron chi connectivity index (χ3n) is 4.47. The number of halogens is 2. The first-order chi connectivity index (χ1) is 14.5. The van der Waals surface area contributed by atoms with Crippen LogP contribution in [0, 0.1) is 6.92 Å². The average molecular weight is 499 g/mol. The predicted molar refractivity (Wildman–Crippen MR) is 129 cm³/mol. The summed E-state index contributed by atoms with van der Waals surface area (Å²) in [6.45, 7) is 2.02. The number of nitrogens with one attached hydrogen (secondary N) is 2. The number of aromatic nitrogens is 1. The van der Waals surface area contributed by atoms with E-state index in [4.69, 9.17) is 11.6 Å². The maximum Gasteiger partial charge on any atom is 0.255 e. The minimum atomic E-state index is -0.152. The largest absolute Gasteiger partial charge is 0.331 e. The van der Waals surface area contributed by atoms with Gasteiger partial charge in [-0.1, -0.05) is 51.8 Å². The van der Waals surface area contributed by atoms with Crippen LogP contribution in [0.25, 0.3) is 11.3 Å². The smallest absolute Gasteiger partial charge is 0.255 e. The number of carbonyl (C=O) groups excluding carboxylic acids is 1. The summed E-state index contributed by atoms with van der Waals surface area (Å²) in [7, 11) is 0. The molecule has 4 rings (SSSR count). The number of benzene rings is 3. The van der Waals surface area contributed by atoms with Crippen molar-refractivity contribution in [1.29, 1.82) is 0 Å². The lowest BCUT2D eigenvalue weighted by Gasteiger charge is -2.07. The zero-order valence-electron chi connectivity index (χ0n) is 15.9. The number of carbonyl (C=O) groups is 1. The fourth-order valence-electron chi connectivity index (χ4n) is 2.87. The molecule has 4 nitrogen and oxygen atoms in total. The zero-order valence-corrected chi connectivity index (χ0v) is 19.1. The van der Waals surface area contributed by atoms with Gasteiger partial charge in [0.15, 0.2) is 5.13 Å². The Morgan fingerprint density at radius 2 is 1.87 bits per heavy atom. The molecule has 0 bridgehead atoms. The van der Waals surface area contributed by atoms with Gasteiger partial charge in [-0.3, -0.25) is 4.79 Å². The van der Waals surface area contributed by atoms with Gasteiger partial charge in [0, 0.05) is 37.4 Å². The van der Waals surface area contributed by atoms with Gasteiger partial charge in [-0.15, -0.1) is 11.3 Å². The van der Waals surface area contributed by atoms with Gasteiger partial charge < -0.3 is 10.6 Å². The molecule has 3 aromatic carbocycles. The molecule has 0 fully saturated rings. The minimum Gasteiger partial charge on any atom is -0.331 e. The maximum absolute atomic E-state index is 12.4. The van der Waals surface area contributed by atoms with Crippen LogP contribution in [-0.4, -0.2) is 10.9 Å². The van der Waals surface area contributed by atoms with Crippen LogP contribution < -0.4 is 10.6 Å². The summed E-state index contributed by atoms with van der Waals surface area (Å²) in [6.07, 6.45) is 0. The molecule has 30 heavy (non-hydrogen) atoms. The van der Waals surface area contributed by atoms with Gasteiger partial charge in [0.1, 0.15) is 0 Å². The highest BCUT2D eigenvalue weighted by Crippen LogP contribution is 2.30. The lowest BCUT2D eigenvalue weighted by Crippen LogP contribution is -2.11. The Morgan fingerprint density at radius 3 is 2.63 bits per heavy atom. The molecule has 7 heteroatoms. The highest BCUT2D eigenvalue weighted by Gasteiger charge is 2.09. The molecular weight excluding hydrogens is 482 g/mol. The van der Waals surface area contributed by atoms with Crippen LogP contribution in [0.3, 0.4) is 0 Å². The molecule has 150 valence electrons. The number of hydrogen-bond donors (Lipinski definition) is 2. The first kappa shape index (κ1) is 20.6. The number of amides is 1. The van der Waals surface area contributed by atoms with Crippen molar-refractivity contribution in [2.75, 3.05) is 10.6 Å². The Labute approximate surface area is 192 Å². The van der Waals surface area contributed by atoms with Gasteiger partial charge in [0.2, 0.25) is 0 Å². The quantitative estimate of drug-likeness (QED) is 0.299. The fourth-order valence-corrected chi connectivity index (χ4v) is 4.17. The molecule has 0 aliphatic rings. The van der Waals surface area contributed by atoms with Crippen LogP contribution in [0.4, 0.5) is 16.5 Å². The van der Waals surface area contributed by atoms with Gasteiger partial charge in [-0.05, 0) is 55.0 Å². The van der Waals surface area contributed by atoms with Crippen molar-refractivity contribution >= 4 is 61.3 Å². The van der Waals surface area contributed by atoms with E-state index in [-0.39, 0.29) is 5.91 Å². The molecule has 0 unspecified atom stereocenters. The van der Waals surface area contributed by atoms with E-state index < -0.39 is 0 Å². The molecule has 1 aromatic heterocycles. The topological polar surface area (TPSA) is 54.0 Å². The summed E-state index contributed by atoms with van der Waals surface area (Å²) >= 11 is 11.0. The summed E-state index contributed by atoms with van der Waals surface area (Å²) in [6, 6.07) is 20.6. The van der Waals surface area contributed by atoms with Gasteiger partial charge in [-0.25, -0.2) is 4.98 Å². The fraction of sp³-hybridized carbons (Fsp3) is 0.0435. The summed E-state index contributed by atoms with van der Waals surface area (Å²) in [5.74, 6) is -0.152. The van der Waals surface area contributed by atoms with Crippen molar-refractivity contribution in [1.82, 2.24) is 4.98 Å². The van der Waals surface area contributed by atoms with E-state index in [0.717, 1.165) is 37.8 Å². The first-order valence-electron chi connectivity index (χ1n) is 9.14. The standard InChI is InChI=1S/C23H17BrClN3OS/c1-14-5-8-18(25)12-20(14)27-23-28-21(13-30-23)15-6-9-19(10-7-15)26-22(29)16-3-2-4-17(24)11-16/h2-13H,1H3,(H,26,29)(H,27,28). The normalized spacial score (nSPS) is 10.6. The predicted octanol–water partition coefficient (Wildman–Crippen LogP) is 7.53. The molecule has 1 heterocycles. The highest BCUT2D eigenvalue weighted by molar-refractivity contribution is 9.10. The number of aryl methyl sites for hydroxylation is 1. The second-order valence-corrected chi connectivity index (χ2v) is 8.87. The van der Waals surface area contributed by atoms with E-state index in [0.29, 0.717) is 10.6 Å². The monoisotopic (exact) mass is 497 g/mol. The molecule has 0 saturated heterocycles. The Hall–Kier alpha value is -2.67. The SMILES string of the molecule is Cc1ccc(Cl)cc1Nc1nc(-c2ccc(NC(=O)c3cccc(Br)c3)cc2)cs1. The van der Waals surface area contributed by atoms with Gasteiger partial charge >= 0.3 is 0 Å². The molecule has 0 aliphatic carbocycles. The molecule has 0 radical (unpaired) electrons. The Balaban J connectivity index is 1.45. The highest BCUT2D eigenvalue weighted by atomic mass is 79.9. The van der Waals surface area contributed by atoms with E-state index in [1.165, 1.54) is 11.3 Å². The van der Waals surface area contributed by atoms with Crippen molar-refractivity contribution in [3.05, 3.63) is 92.7 Å². The van der Waals surface area contributed by atoms with E-state index in [1.54, 1.807) is 12.1 Å². The number of hydrogen-bond acceptors (Lipinski definition) is 4. The van der Waals surface area contributed by atoms with Crippen LogP contribution in [0.1, 0.15) is 15.9 Å². The van der Waals surface area contributed by atoms with Crippen molar-refractivity contribution in [3.63, 3.8) is 0 Å². The number of nitrogens with zero attached hydrogens (tertiary/aromatic N) is 1. The molecule has 4 aromatic rings. The van der Waals surface area contributed by atoms with E-state index >= 15 is 0 Å². The lowest BCUT2D eigenvalue weighted by atomic mass is 10.1. The molecule has 0 aliphatic heterocycles. The third-order valence-corrected chi connectivity index (χ3v) is 5.96. The summed E-state index contributed by atoms with van der Waals surface area (Å²) in [5.41, 5.74) is 5.21. The van der Waals surface area contributed by atoms with Crippen LogP contribution in [0.5, 0.6) is 0 Å². The van der Waals surface area contributed by atoms with Gasteiger partial charge in [0.05, 0.1) is 5.69 Å². The maximum atomic E-state index is 12.4. The molecule has 0 spiro atoms. The van der Waals surface area contributed by atoms with E-state index in [1.807, 2.05) is 66.9 Å². The van der Waals surface area contributed by atoms with Crippen LogP contribution in [-0.2, 0) is 0 Å². The molecular formula is C23H17BrClN3OS. The Bertz CT molecular complexity index is 1210. The second-order valence-electron chi connectivity index (χ2n) is 6.66. The van der Waals surface area contributed by atoms with Crippen LogP contribution in [0.15, 0.2) is 76.6 Å². The second kappa shape index (κ2) is 9.00. The van der Waals surface area contributed by atoms with Gasteiger partial charge in [-0.2, -0.15) is 0 Å². The Kier molecular flexibility index (Phi) is 6.18. The minimum absolute atomic E-state index is 0.152. The molecule has 2 N–H and O–H groups in total. The van der Waals surface area contributed by atoms with Crippen molar-refractivity contribution in [2.24, 2.45) is 0 Å². The van der Waals surface area contributed by atoms with E-state index in [9.17, 15) is 4.79 Å². The zero-order chi connectivity index (χ0) is 21.1. The lowest BCUT2D eigenvalue weighted by molar-refractivity contribution is 0.102. The summed E-state index contributed by atoms with van der Waals surface area (Å²) < 4.78 is 0.867. The molecule has 0 saturated carbocycles. The number of rotatable bonds is 5. The molecule has 1 amide bonds. The van der Waals surface area contributed by atoms with Crippen molar-refractivity contribution < 1.29 is 4.79 Å². The molecule has 0 atom stereocenters. The number of anilines is 3. The summed E-state index contributed by atoms with van der Waals surface area (Å²) in [4.78, 5) is 17.1. The van der Waals surface area contributed by atoms with Crippen molar-refractivity contribution in [2.45, 2.75) is 6.92 Å². The summed E-state index contributed by atoms with van der Waals surface area (Å²) in [5, 5.41) is 9.71. The van der Waals surface area contributed by atoms with Crippen LogP contribution >= 0.6 is 38.9 Å². The Morgan fingerprint density at radius 1 is 1.07 bits per heavy atom.